The zero-order valence-corrected chi connectivity index (χ0v) is 13.3. The second-order valence-corrected chi connectivity index (χ2v) is 5.72. The third kappa shape index (κ3) is 2.63. The van der Waals surface area contributed by atoms with E-state index in [4.69, 9.17) is 69.6 Å². The number of pyridine rings is 1. The molecule has 19 heavy (non-hydrogen) atoms. The first-order valence-corrected chi connectivity index (χ1v) is 6.93. The highest BCUT2D eigenvalue weighted by Gasteiger charge is 2.24. The van der Waals surface area contributed by atoms with Crippen LogP contribution in [-0.2, 0) is 0 Å². The van der Waals surface area contributed by atoms with Gasteiger partial charge in [0.1, 0.15) is 0 Å². The Balaban J connectivity index is 2.92. The Kier molecular flexibility index (Phi) is 4.71. The molecule has 1 heterocycles. The van der Waals surface area contributed by atoms with Crippen molar-refractivity contribution < 1.29 is 4.39 Å². The van der Waals surface area contributed by atoms with E-state index >= 15 is 0 Å². The number of halogens is 7. The van der Waals surface area contributed by atoms with Crippen LogP contribution in [0.25, 0.3) is 11.1 Å². The summed E-state index contributed by atoms with van der Waals surface area (Å²) in [4.78, 5) is 3.61. The van der Waals surface area contributed by atoms with Crippen molar-refractivity contribution in [3.05, 3.63) is 48.3 Å². The van der Waals surface area contributed by atoms with Crippen molar-refractivity contribution in [2.45, 2.75) is 0 Å². The van der Waals surface area contributed by atoms with Gasteiger partial charge < -0.3 is 0 Å². The molecule has 2 aromatic rings. The van der Waals surface area contributed by atoms with Gasteiger partial charge >= 0.3 is 0 Å². The van der Waals surface area contributed by atoms with E-state index in [0.29, 0.717) is 0 Å². The van der Waals surface area contributed by atoms with Crippen LogP contribution < -0.4 is 0 Å². The van der Waals surface area contributed by atoms with Gasteiger partial charge in [-0.05, 0) is 0 Å². The minimum atomic E-state index is -0.703. The highest BCUT2D eigenvalue weighted by Crippen LogP contribution is 2.49. The zero-order valence-electron chi connectivity index (χ0n) is 8.75. The van der Waals surface area contributed by atoms with Gasteiger partial charge in [0.2, 0.25) is 0 Å². The Bertz CT molecular complexity index is 623. The Hall–Kier alpha value is 0.0400. The summed E-state index contributed by atoms with van der Waals surface area (Å²) >= 11 is 35.7. The fourth-order valence-electron chi connectivity index (χ4n) is 1.47. The Morgan fingerprint density at radius 3 is 1.63 bits per heavy atom. The molecule has 0 aliphatic rings. The van der Waals surface area contributed by atoms with Crippen molar-refractivity contribution in [3.8, 4) is 11.1 Å². The quantitative estimate of drug-likeness (QED) is 0.392. The highest BCUT2D eigenvalue weighted by molar-refractivity contribution is 6.56. The van der Waals surface area contributed by atoms with Crippen LogP contribution in [0, 0.1) is 5.82 Å². The predicted octanol–water partition coefficient (Wildman–Crippen LogP) is 6.81. The van der Waals surface area contributed by atoms with Crippen LogP contribution in [0.1, 0.15) is 0 Å². The summed E-state index contributed by atoms with van der Waals surface area (Å²) in [5.74, 6) is -0.703. The molecule has 0 aliphatic carbocycles. The Morgan fingerprint density at radius 1 is 0.684 bits per heavy atom. The fraction of sp³-hybridized carbons (Fsp3) is 0. The molecule has 0 saturated carbocycles. The lowest BCUT2D eigenvalue weighted by atomic mass is 10.1. The number of hydrogen-bond acceptors (Lipinski definition) is 1. The van der Waals surface area contributed by atoms with Gasteiger partial charge in [0, 0.05) is 17.3 Å². The van der Waals surface area contributed by atoms with Crippen molar-refractivity contribution in [2.75, 3.05) is 0 Å². The van der Waals surface area contributed by atoms with Gasteiger partial charge in [-0.25, -0.2) is 4.39 Å². The second kappa shape index (κ2) is 5.80. The van der Waals surface area contributed by atoms with E-state index in [1.54, 1.807) is 0 Å². The lowest BCUT2D eigenvalue weighted by Gasteiger charge is -2.14. The van der Waals surface area contributed by atoms with Gasteiger partial charge in [-0.3, -0.25) is 4.98 Å². The lowest BCUT2D eigenvalue weighted by Crippen LogP contribution is -1.92. The molecule has 1 nitrogen and oxygen atoms in total. The standard InChI is InChI=1S/C11H2Cl6FN/c12-3-1-19-2-4(18)5(3)6-7(13)9(15)11(17)10(16)8(6)14/h1-2H. The summed E-state index contributed by atoms with van der Waals surface area (Å²) in [6, 6.07) is 0. The van der Waals surface area contributed by atoms with Crippen LogP contribution in [0.5, 0.6) is 0 Å². The first-order valence-electron chi connectivity index (χ1n) is 4.67. The molecule has 0 radical (unpaired) electrons. The average molecular weight is 380 g/mol. The van der Waals surface area contributed by atoms with Crippen molar-refractivity contribution in [1.82, 2.24) is 4.98 Å². The van der Waals surface area contributed by atoms with Gasteiger partial charge in [0.05, 0.1) is 36.3 Å². The number of hydrogen-bond donors (Lipinski definition) is 0. The number of aromatic nitrogens is 1. The van der Waals surface area contributed by atoms with Gasteiger partial charge in [-0.1, -0.05) is 69.6 Å². The maximum absolute atomic E-state index is 13.9. The van der Waals surface area contributed by atoms with E-state index in [9.17, 15) is 4.39 Å². The first kappa shape index (κ1) is 15.4. The van der Waals surface area contributed by atoms with Crippen molar-refractivity contribution in [2.24, 2.45) is 0 Å². The Morgan fingerprint density at radius 2 is 1.16 bits per heavy atom. The summed E-state index contributed by atoms with van der Waals surface area (Å²) in [6.45, 7) is 0. The molecule has 0 N–H and O–H groups in total. The lowest BCUT2D eigenvalue weighted by molar-refractivity contribution is 0.625. The summed E-state index contributed by atoms with van der Waals surface area (Å²) in [7, 11) is 0. The van der Waals surface area contributed by atoms with Gasteiger partial charge in [0.25, 0.3) is 0 Å². The van der Waals surface area contributed by atoms with Gasteiger partial charge in [-0.15, -0.1) is 0 Å². The van der Waals surface area contributed by atoms with Crippen LogP contribution in [-0.4, -0.2) is 4.98 Å². The third-order valence-electron chi connectivity index (χ3n) is 2.31. The summed E-state index contributed by atoms with van der Waals surface area (Å²) in [6.07, 6.45) is 2.23. The molecule has 0 amide bonds. The number of nitrogens with zero attached hydrogens (tertiary/aromatic N) is 1. The van der Waals surface area contributed by atoms with Gasteiger partial charge in [-0.2, -0.15) is 0 Å². The first-order chi connectivity index (χ1) is 8.86. The number of benzene rings is 1. The van der Waals surface area contributed by atoms with Gasteiger partial charge in [0.15, 0.2) is 5.82 Å². The van der Waals surface area contributed by atoms with Crippen molar-refractivity contribution >= 4 is 69.6 Å². The molecule has 1 aromatic heterocycles. The van der Waals surface area contributed by atoms with E-state index in [2.05, 4.69) is 4.98 Å². The van der Waals surface area contributed by atoms with Crippen LogP contribution >= 0.6 is 69.6 Å². The fourth-order valence-corrected chi connectivity index (χ4v) is 3.04. The molecule has 0 saturated heterocycles. The predicted molar refractivity (Wildman–Crippen MR) is 79.7 cm³/mol. The zero-order chi connectivity index (χ0) is 14.3. The van der Waals surface area contributed by atoms with Crippen LogP contribution in [0.2, 0.25) is 30.1 Å². The molecule has 0 bridgehead atoms. The topological polar surface area (TPSA) is 12.9 Å². The minimum absolute atomic E-state index is 0.00679. The van der Waals surface area contributed by atoms with Crippen molar-refractivity contribution in [1.29, 1.82) is 0 Å². The van der Waals surface area contributed by atoms with Crippen LogP contribution in [0.4, 0.5) is 4.39 Å². The molecule has 100 valence electrons. The molecule has 2 rings (SSSR count). The minimum Gasteiger partial charge on any atom is -0.260 e. The smallest absolute Gasteiger partial charge is 0.150 e. The average Bonchev–Trinajstić information content (AvgIpc) is 2.37. The van der Waals surface area contributed by atoms with Crippen molar-refractivity contribution in [3.63, 3.8) is 0 Å². The van der Waals surface area contributed by atoms with E-state index in [-0.39, 0.29) is 41.3 Å². The van der Waals surface area contributed by atoms with E-state index in [0.717, 1.165) is 6.20 Å². The maximum Gasteiger partial charge on any atom is 0.150 e. The molecule has 0 aliphatic heterocycles. The molecular formula is C11H2Cl6FN. The summed E-state index contributed by atoms with van der Waals surface area (Å²) in [5, 5.41) is -0.105. The van der Waals surface area contributed by atoms with E-state index in [1.807, 2.05) is 0 Å². The third-order valence-corrected chi connectivity index (χ3v) is 4.88. The highest BCUT2D eigenvalue weighted by atomic mass is 35.5. The number of rotatable bonds is 1. The molecule has 8 heteroatoms. The molecule has 0 spiro atoms. The maximum atomic E-state index is 13.9. The molecule has 0 fully saturated rings. The van der Waals surface area contributed by atoms with E-state index < -0.39 is 5.82 Å². The monoisotopic (exact) mass is 377 g/mol. The van der Waals surface area contributed by atoms with Crippen LogP contribution in [0.3, 0.4) is 0 Å². The van der Waals surface area contributed by atoms with Crippen LogP contribution in [0.15, 0.2) is 12.4 Å². The molecule has 0 unspecified atom stereocenters. The summed E-state index contributed by atoms with van der Waals surface area (Å²) in [5.41, 5.74) is 0.0415. The SMILES string of the molecule is Fc1cncc(Cl)c1-c1c(Cl)c(Cl)c(Cl)c(Cl)c1Cl. The largest absolute Gasteiger partial charge is 0.260 e. The summed E-state index contributed by atoms with van der Waals surface area (Å²) < 4.78 is 13.9. The molecule has 1 aromatic carbocycles. The normalized spacial score (nSPS) is 10.9. The Labute approximate surface area is 138 Å². The molecular weight excluding hydrogens is 378 g/mol. The second-order valence-electron chi connectivity index (χ2n) is 3.42. The molecule has 0 atom stereocenters. The van der Waals surface area contributed by atoms with E-state index in [1.165, 1.54) is 6.20 Å².